The van der Waals surface area contributed by atoms with Crippen LogP contribution < -0.4 is 4.74 Å². The van der Waals surface area contributed by atoms with Gasteiger partial charge in [0.1, 0.15) is 35.8 Å². The Morgan fingerprint density at radius 2 is 1.74 bits per heavy atom. The average Bonchev–Trinajstić information content (AvgIpc) is 3.28. The molecule has 4 aromatic rings. The molecule has 0 bridgehead atoms. The molecule has 1 saturated carbocycles. The summed E-state index contributed by atoms with van der Waals surface area (Å²) in [6.45, 7) is 5.45. The number of rotatable bonds is 7. The highest BCUT2D eigenvalue weighted by atomic mass is 35.5. The van der Waals surface area contributed by atoms with Crippen LogP contribution in [-0.2, 0) is 14.3 Å². The second kappa shape index (κ2) is 11.1. The molecule has 0 unspecified atom stereocenters. The highest BCUT2D eigenvalue weighted by molar-refractivity contribution is 6.30. The molecule has 1 fully saturated rings. The molecule has 1 aliphatic rings. The number of esters is 1. The first-order chi connectivity index (χ1) is 18.3. The van der Waals surface area contributed by atoms with Gasteiger partial charge in [0.2, 0.25) is 11.6 Å². The van der Waals surface area contributed by atoms with E-state index in [1.165, 1.54) is 6.33 Å². The van der Waals surface area contributed by atoms with Crippen molar-refractivity contribution < 1.29 is 23.4 Å². The van der Waals surface area contributed by atoms with Crippen LogP contribution in [0.5, 0.6) is 5.88 Å². The lowest BCUT2D eigenvalue weighted by atomic mass is 9.94. The number of aromatic nitrogens is 2. The minimum absolute atomic E-state index is 0.0741. The number of hydrogen-bond acceptors (Lipinski definition) is 7. The zero-order valence-electron chi connectivity index (χ0n) is 21.8. The molecule has 2 heterocycles. The Hall–Kier alpha value is -3.42. The van der Waals surface area contributed by atoms with E-state index in [1.807, 2.05) is 75.4 Å². The summed E-state index contributed by atoms with van der Waals surface area (Å²) >= 11 is 6.18. The molecule has 2 aromatic carbocycles. The van der Waals surface area contributed by atoms with Gasteiger partial charge in [-0.25, -0.2) is 14.8 Å². The maximum Gasteiger partial charge on any atom is 0.332 e. The minimum Gasteiger partial charge on any atom is -0.474 e. The molecule has 5 rings (SSSR count). The third-order valence-corrected chi connectivity index (χ3v) is 6.59. The lowest BCUT2D eigenvalue weighted by molar-refractivity contribution is -0.163. The smallest absolute Gasteiger partial charge is 0.332 e. The molecule has 198 valence electrons. The van der Waals surface area contributed by atoms with Crippen molar-refractivity contribution in [1.29, 1.82) is 0 Å². The summed E-state index contributed by atoms with van der Waals surface area (Å²) in [5.74, 6) is 0.789. The van der Waals surface area contributed by atoms with Gasteiger partial charge in [-0.05, 0) is 57.7 Å². The molecular formula is C30H31ClN2O5. The zero-order valence-corrected chi connectivity index (χ0v) is 22.5. The molecular weight excluding hydrogens is 504 g/mol. The van der Waals surface area contributed by atoms with Crippen molar-refractivity contribution in [2.24, 2.45) is 0 Å². The number of nitrogens with zero attached hydrogens (tertiary/aromatic N) is 2. The molecule has 1 aliphatic carbocycles. The van der Waals surface area contributed by atoms with Crippen LogP contribution >= 0.6 is 11.6 Å². The van der Waals surface area contributed by atoms with Gasteiger partial charge in [0, 0.05) is 22.6 Å². The largest absolute Gasteiger partial charge is 0.474 e. The SMILES string of the molecule is CC(C)(C)OC(=O)CO[C@@H]1CCC[C@H](Oc2ncnc3oc(-c4ccccc4)c(-c4ccc(Cl)cc4)c23)C1. The lowest BCUT2D eigenvalue weighted by Crippen LogP contribution is -2.33. The molecule has 0 spiro atoms. The fourth-order valence-electron chi connectivity index (χ4n) is 4.76. The van der Waals surface area contributed by atoms with E-state index in [4.69, 9.17) is 30.2 Å². The van der Waals surface area contributed by atoms with Gasteiger partial charge >= 0.3 is 5.97 Å². The summed E-state index contributed by atoms with van der Waals surface area (Å²) in [5.41, 5.74) is 2.62. The summed E-state index contributed by atoms with van der Waals surface area (Å²) in [6, 6.07) is 17.5. The third kappa shape index (κ3) is 6.17. The minimum atomic E-state index is -0.540. The van der Waals surface area contributed by atoms with Gasteiger partial charge < -0.3 is 18.6 Å². The van der Waals surface area contributed by atoms with Crippen LogP contribution in [0.1, 0.15) is 46.5 Å². The number of hydrogen-bond donors (Lipinski definition) is 0. The second-order valence-electron chi connectivity index (χ2n) is 10.5. The summed E-state index contributed by atoms with van der Waals surface area (Å²) in [5, 5.41) is 1.36. The first kappa shape index (κ1) is 26.2. The van der Waals surface area contributed by atoms with Crippen LogP contribution in [0.4, 0.5) is 0 Å². The molecule has 0 amide bonds. The van der Waals surface area contributed by atoms with E-state index in [2.05, 4.69) is 9.97 Å². The van der Waals surface area contributed by atoms with Crippen molar-refractivity contribution in [3.63, 3.8) is 0 Å². The Morgan fingerprint density at radius 1 is 1.00 bits per heavy atom. The monoisotopic (exact) mass is 534 g/mol. The first-order valence-electron chi connectivity index (χ1n) is 12.9. The molecule has 2 atom stereocenters. The van der Waals surface area contributed by atoms with E-state index in [-0.39, 0.29) is 24.8 Å². The number of halogens is 1. The molecule has 38 heavy (non-hydrogen) atoms. The highest BCUT2D eigenvalue weighted by Crippen LogP contribution is 2.44. The Morgan fingerprint density at radius 3 is 2.47 bits per heavy atom. The lowest BCUT2D eigenvalue weighted by Gasteiger charge is -2.29. The predicted molar refractivity (Wildman–Crippen MR) is 146 cm³/mol. The van der Waals surface area contributed by atoms with Gasteiger partial charge in [-0.1, -0.05) is 54.1 Å². The van der Waals surface area contributed by atoms with Gasteiger partial charge in [-0.3, -0.25) is 0 Å². The molecule has 0 saturated heterocycles. The normalized spacial score (nSPS) is 17.9. The van der Waals surface area contributed by atoms with Crippen LogP contribution in [0.3, 0.4) is 0 Å². The maximum absolute atomic E-state index is 12.1. The van der Waals surface area contributed by atoms with Crippen molar-refractivity contribution in [2.75, 3.05) is 6.61 Å². The van der Waals surface area contributed by atoms with Crippen LogP contribution in [0.2, 0.25) is 5.02 Å². The van der Waals surface area contributed by atoms with E-state index in [1.54, 1.807) is 0 Å². The van der Waals surface area contributed by atoms with E-state index in [0.29, 0.717) is 34.2 Å². The first-order valence-corrected chi connectivity index (χ1v) is 13.2. The second-order valence-corrected chi connectivity index (χ2v) is 10.9. The van der Waals surface area contributed by atoms with Crippen LogP contribution in [0, 0.1) is 0 Å². The quantitative estimate of drug-likeness (QED) is 0.231. The Balaban J connectivity index is 1.42. The third-order valence-electron chi connectivity index (χ3n) is 6.34. The summed E-state index contributed by atoms with van der Waals surface area (Å²) in [4.78, 5) is 21.1. The number of fused-ring (bicyclic) bond motifs is 1. The fourth-order valence-corrected chi connectivity index (χ4v) is 4.88. The van der Waals surface area contributed by atoms with E-state index in [0.717, 1.165) is 36.0 Å². The molecule has 0 N–H and O–H groups in total. The molecule has 7 nitrogen and oxygen atoms in total. The van der Waals surface area contributed by atoms with Gasteiger partial charge in [-0.2, -0.15) is 0 Å². The molecule has 8 heteroatoms. The average molecular weight is 535 g/mol. The van der Waals surface area contributed by atoms with E-state index in [9.17, 15) is 4.79 Å². The van der Waals surface area contributed by atoms with Gasteiger partial charge in [0.15, 0.2) is 0 Å². The van der Waals surface area contributed by atoms with Gasteiger partial charge in [-0.15, -0.1) is 0 Å². The molecule has 0 aliphatic heterocycles. The summed E-state index contributed by atoms with van der Waals surface area (Å²) in [6.07, 6.45) is 4.52. The van der Waals surface area contributed by atoms with Crippen LogP contribution in [0.25, 0.3) is 33.6 Å². The molecule has 0 radical (unpaired) electrons. The predicted octanol–water partition coefficient (Wildman–Crippen LogP) is 7.26. The number of carbonyl (C=O) groups is 1. The van der Waals surface area contributed by atoms with Crippen LogP contribution in [-0.4, -0.2) is 40.4 Å². The Kier molecular flexibility index (Phi) is 7.68. The number of carbonyl (C=O) groups excluding carboxylic acids is 1. The maximum atomic E-state index is 12.1. The fraction of sp³-hybridized carbons (Fsp3) is 0.367. The van der Waals surface area contributed by atoms with E-state index < -0.39 is 5.60 Å². The van der Waals surface area contributed by atoms with Crippen LogP contribution in [0.15, 0.2) is 65.3 Å². The van der Waals surface area contributed by atoms with E-state index >= 15 is 0 Å². The standard InChI is InChI=1S/C30H31ClN2O5/c1-30(2,3)38-24(34)17-35-22-10-7-11-23(16-22)36-28-26-25(19-12-14-21(31)15-13-19)27(20-8-5-4-6-9-20)37-29(26)33-18-32-28/h4-6,8-9,12-15,18,22-23H,7,10-11,16-17H2,1-3H3/t22-,23+/m1/s1. The zero-order chi connectivity index (χ0) is 26.7. The Labute approximate surface area is 227 Å². The Bertz CT molecular complexity index is 1400. The highest BCUT2D eigenvalue weighted by Gasteiger charge is 2.29. The topological polar surface area (TPSA) is 83.7 Å². The van der Waals surface area contributed by atoms with Crippen molar-refractivity contribution in [2.45, 2.75) is 64.3 Å². The number of ether oxygens (including phenoxy) is 3. The van der Waals surface area contributed by atoms with Crippen molar-refractivity contribution in [1.82, 2.24) is 9.97 Å². The molecule has 2 aromatic heterocycles. The summed E-state index contributed by atoms with van der Waals surface area (Å²) in [7, 11) is 0. The van der Waals surface area contributed by atoms with Crippen molar-refractivity contribution in [3.05, 3.63) is 65.9 Å². The van der Waals surface area contributed by atoms with Gasteiger partial charge in [0.25, 0.3) is 0 Å². The number of furan rings is 1. The summed E-state index contributed by atoms with van der Waals surface area (Å²) < 4.78 is 24.0. The van der Waals surface area contributed by atoms with Gasteiger partial charge in [0.05, 0.1) is 6.10 Å². The number of benzene rings is 2. The van der Waals surface area contributed by atoms with Crippen molar-refractivity contribution >= 4 is 28.7 Å². The van der Waals surface area contributed by atoms with Crippen molar-refractivity contribution in [3.8, 4) is 28.3 Å².